The van der Waals surface area contributed by atoms with Crippen molar-refractivity contribution in [3.05, 3.63) is 38.3 Å². The lowest BCUT2D eigenvalue weighted by Gasteiger charge is -2.31. The van der Waals surface area contributed by atoms with E-state index in [2.05, 4.69) is 15.9 Å². The molecule has 1 fully saturated rings. The van der Waals surface area contributed by atoms with E-state index >= 15 is 0 Å². The Kier molecular flexibility index (Phi) is 5.16. The van der Waals surface area contributed by atoms with Gasteiger partial charge >= 0.3 is 0 Å². The lowest BCUT2D eigenvalue weighted by molar-refractivity contribution is -0.385. The molecular formula is C15H21BrN2O2. The fourth-order valence-electron chi connectivity index (χ4n) is 3.02. The van der Waals surface area contributed by atoms with Gasteiger partial charge in [-0.25, -0.2) is 0 Å². The molecule has 1 aromatic carbocycles. The summed E-state index contributed by atoms with van der Waals surface area (Å²) in [6.45, 7) is 0. The van der Waals surface area contributed by atoms with Gasteiger partial charge in [-0.15, -0.1) is 0 Å². The highest BCUT2D eigenvalue weighted by atomic mass is 79.9. The minimum atomic E-state index is -0.313. The number of rotatable bonds is 3. The van der Waals surface area contributed by atoms with Crippen LogP contribution in [0.25, 0.3) is 0 Å². The molecule has 0 heterocycles. The van der Waals surface area contributed by atoms with Gasteiger partial charge in [0, 0.05) is 21.6 Å². The number of nitro groups is 1. The van der Waals surface area contributed by atoms with Gasteiger partial charge in [-0.2, -0.15) is 0 Å². The second kappa shape index (κ2) is 6.68. The van der Waals surface area contributed by atoms with Crippen LogP contribution in [0.3, 0.4) is 0 Å². The summed E-state index contributed by atoms with van der Waals surface area (Å²) in [5.74, 6) is 0. The summed E-state index contributed by atoms with van der Waals surface area (Å²) in [5, 5.41) is 11.2. The van der Waals surface area contributed by atoms with E-state index in [1.807, 2.05) is 12.1 Å². The molecule has 0 atom stereocenters. The van der Waals surface area contributed by atoms with Crippen LogP contribution in [0.4, 0.5) is 5.69 Å². The van der Waals surface area contributed by atoms with E-state index in [0.29, 0.717) is 6.42 Å². The molecule has 1 aromatic rings. The number of benzene rings is 1. The fraction of sp³-hybridized carbons (Fsp3) is 0.600. The SMILES string of the molecule is NC1(Cc2ccc(Br)cc2[N+](=O)[O-])CCCCCCC1. The van der Waals surface area contributed by atoms with Gasteiger partial charge in [0.05, 0.1) is 4.92 Å². The zero-order valence-corrected chi connectivity index (χ0v) is 13.2. The van der Waals surface area contributed by atoms with Crippen molar-refractivity contribution in [2.24, 2.45) is 5.73 Å². The van der Waals surface area contributed by atoms with Crippen LogP contribution < -0.4 is 5.73 Å². The molecule has 1 aliphatic carbocycles. The molecule has 0 aliphatic heterocycles. The van der Waals surface area contributed by atoms with Crippen molar-refractivity contribution < 1.29 is 4.92 Å². The predicted molar refractivity (Wildman–Crippen MR) is 83.7 cm³/mol. The number of hydrogen-bond acceptors (Lipinski definition) is 3. The monoisotopic (exact) mass is 340 g/mol. The van der Waals surface area contributed by atoms with Crippen LogP contribution in [0.1, 0.15) is 50.5 Å². The first kappa shape index (κ1) is 15.4. The smallest absolute Gasteiger partial charge is 0.273 e. The summed E-state index contributed by atoms with van der Waals surface area (Å²) < 4.78 is 0.733. The Labute approximate surface area is 128 Å². The van der Waals surface area contributed by atoms with Gasteiger partial charge in [-0.3, -0.25) is 10.1 Å². The van der Waals surface area contributed by atoms with Crippen LogP contribution in [0.2, 0.25) is 0 Å². The van der Waals surface area contributed by atoms with Gasteiger partial charge in [0.1, 0.15) is 0 Å². The average Bonchev–Trinajstić information content (AvgIpc) is 2.37. The van der Waals surface area contributed by atoms with Crippen molar-refractivity contribution in [2.75, 3.05) is 0 Å². The fourth-order valence-corrected chi connectivity index (χ4v) is 3.37. The largest absolute Gasteiger partial charge is 0.325 e. The van der Waals surface area contributed by atoms with Crippen molar-refractivity contribution in [1.82, 2.24) is 0 Å². The van der Waals surface area contributed by atoms with Crippen LogP contribution in [0, 0.1) is 10.1 Å². The molecular weight excluding hydrogens is 320 g/mol. The molecule has 1 aliphatic rings. The Morgan fingerprint density at radius 3 is 2.40 bits per heavy atom. The highest BCUT2D eigenvalue weighted by Crippen LogP contribution is 2.32. The normalized spacial score (nSPS) is 19.1. The lowest BCUT2D eigenvalue weighted by atomic mass is 9.80. The summed E-state index contributed by atoms with van der Waals surface area (Å²) in [6.07, 6.45) is 8.50. The third kappa shape index (κ3) is 4.03. The van der Waals surface area contributed by atoms with Crippen LogP contribution in [0.15, 0.2) is 22.7 Å². The van der Waals surface area contributed by atoms with E-state index in [-0.39, 0.29) is 16.1 Å². The molecule has 0 radical (unpaired) electrons. The number of nitrogens with two attached hydrogens (primary N) is 1. The van der Waals surface area contributed by atoms with E-state index in [1.165, 1.54) is 19.3 Å². The number of hydrogen-bond donors (Lipinski definition) is 1. The first-order valence-corrected chi connectivity index (χ1v) is 8.01. The van der Waals surface area contributed by atoms with E-state index in [1.54, 1.807) is 6.07 Å². The van der Waals surface area contributed by atoms with Gasteiger partial charge in [0.2, 0.25) is 0 Å². The Morgan fingerprint density at radius 2 is 1.80 bits per heavy atom. The summed E-state index contributed by atoms with van der Waals surface area (Å²) in [7, 11) is 0. The van der Waals surface area contributed by atoms with E-state index in [4.69, 9.17) is 5.73 Å². The second-order valence-electron chi connectivity index (χ2n) is 5.84. The van der Waals surface area contributed by atoms with Crippen LogP contribution in [-0.2, 0) is 6.42 Å². The molecule has 0 saturated heterocycles. The molecule has 0 amide bonds. The summed E-state index contributed by atoms with van der Waals surface area (Å²) in [6, 6.07) is 5.26. The van der Waals surface area contributed by atoms with Crippen LogP contribution in [-0.4, -0.2) is 10.5 Å². The number of halogens is 1. The maximum Gasteiger partial charge on any atom is 0.273 e. The minimum Gasteiger partial charge on any atom is -0.325 e. The number of nitro benzene ring substituents is 1. The van der Waals surface area contributed by atoms with E-state index in [9.17, 15) is 10.1 Å². The molecule has 4 nitrogen and oxygen atoms in total. The molecule has 2 rings (SSSR count). The van der Waals surface area contributed by atoms with E-state index < -0.39 is 0 Å². The molecule has 1 saturated carbocycles. The molecule has 0 spiro atoms. The molecule has 0 unspecified atom stereocenters. The molecule has 0 aromatic heterocycles. The Balaban J connectivity index is 2.21. The predicted octanol–water partition coefficient (Wildman–Crippen LogP) is 4.34. The maximum atomic E-state index is 11.2. The maximum absolute atomic E-state index is 11.2. The van der Waals surface area contributed by atoms with Gasteiger partial charge in [-0.05, 0) is 25.3 Å². The third-order valence-corrected chi connectivity index (χ3v) is 4.63. The minimum absolute atomic E-state index is 0.172. The Bertz CT molecular complexity index is 483. The molecule has 20 heavy (non-hydrogen) atoms. The average molecular weight is 341 g/mol. The van der Waals surface area contributed by atoms with Gasteiger partial charge in [0.25, 0.3) is 5.69 Å². The van der Waals surface area contributed by atoms with Gasteiger partial charge in [-0.1, -0.05) is 54.1 Å². The summed E-state index contributed by atoms with van der Waals surface area (Å²) in [4.78, 5) is 10.9. The first-order chi connectivity index (χ1) is 9.50. The lowest BCUT2D eigenvalue weighted by Crippen LogP contribution is -2.42. The van der Waals surface area contributed by atoms with E-state index in [0.717, 1.165) is 35.7 Å². The highest BCUT2D eigenvalue weighted by molar-refractivity contribution is 9.10. The van der Waals surface area contributed by atoms with Crippen molar-refractivity contribution in [3.8, 4) is 0 Å². The van der Waals surface area contributed by atoms with Crippen molar-refractivity contribution in [3.63, 3.8) is 0 Å². The molecule has 2 N–H and O–H groups in total. The number of nitrogens with zero attached hydrogens (tertiary/aromatic N) is 1. The topological polar surface area (TPSA) is 69.2 Å². The van der Waals surface area contributed by atoms with Crippen molar-refractivity contribution in [2.45, 2.75) is 56.9 Å². The van der Waals surface area contributed by atoms with Crippen molar-refractivity contribution >= 4 is 21.6 Å². The Morgan fingerprint density at radius 1 is 1.20 bits per heavy atom. The molecule has 110 valence electrons. The highest BCUT2D eigenvalue weighted by Gasteiger charge is 2.28. The summed E-state index contributed by atoms with van der Waals surface area (Å²) >= 11 is 3.29. The zero-order chi connectivity index (χ0) is 14.6. The molecule has 5 heteroatoms. The van der Waals surface area contributed by atoms with Crippen molar-refractivity contribution in [1.29, 1.82) is 0 Å². The third-order valence-electron chi connectivity index (χ3n) is 4.14. The Hall–Kier alpha value is -0.940. The standard InChI is InChI=1S/C15H21BrN2O2/c16-13-7-6-12(14(10-13)18(19)20)11-15(17)8-4-2-1-3-5-9-15/h6-7,10H,1-5,8-9,11,17H2. The second-order valence-corrected chi connectivity index (χ2v) is 6.75. The quantitative estimate of drug-likeness (QED) is 0.657. The van der Waals surface area contributed by atoms with Crippen LogP contribution >= 0.6 is 15.9 Å². The van der Waals surface area contributed by atoms with Gasteiger partial charge < -0.3 is 5.73 Å². The van der Waals surface area contributed by atoms with Crippen LogP contribution in [0.5, 0.6) is 0 Å². The molecule has 0 bridgehead atoms. The first-order valence-electron chi connectivity index (χ1n) is 7.22. The zero-order valence-electron chi connectivity index (χ0n) is 11.6. The van der Waals surface area contributed by atoms with Gasteiger partial charge in [0.15, 0.2) is 0 Å². The summed E-state index contributed by atoms with van der Waals surface area (Å²) in [5.41, 5.74) is 7.16.